The van der Waals surface area contributed by atoms with Crippen LogP contribution >= 0.6 is 11.8 Å². The maximum Gasteiger partial charge on any atom is 0.255 e. The van der Waals surface area contributed by atoms with Gasteiger partial charge >= 0.3 is 0 Å². The average molecular weight is 552 g/mol. The van der Waals surface area contributed by atoms with E-state index in [0.29, 0.717) is 51.9 Å². The quantitative estimate of drug-likeness (QED) is 0.189. The lowest BCUT2D eigenvalue weighted by Gasteiger charge is -2.29. The van der Waals surface area contributed by atoms with Crippen LogP contribution in [0.5, 0.6) is 17.2 Å². The number of amides is 1. The molecule has 0 spiro atoms. The number of hydrogen-bond donors (Lipinski definition) is 2. The molecule has 0 saturated carbocycles. The van der Waals surface area contributed by atoms with E-state index in [-0.39, 0.29) is 5.91 Å². The first-order valence-corrected chi connectivity index (χ1v) is 14.3. The van der Waals surface area contributed by atoms with Crippen molar-refractivity contribution in [3.05, 3.63) is 59.3 Å². The maximum absolute atomic E-state index is 13.9. The fourth-order valence-corrected chi connectivity index (χ4v) is 5.12. The van der Waals surface area contributed by atoms with Crippen LogP contribution in [-0.4, -0.2) is 47.3 Å². The van der Waals surface area contributed by atoms with Gasteiger partial charge in [-0.1, -0.05) is 56.7 Å². The van der Waals surface area contributed by atoms with Gasteiger partial charge in [0, 0.05) is 11.4 Å². The number of para-hydroxylation sites is 2. The van der Waals surface area contributed by atoms with Crippen molar-refractivity contribution >= 4 is 29.3 Å². The first-order valence-electron chi connectivity index (χ1n) is 13.3. The number of aromatic nitrogens is 3. The molecular formula is C29H37N5O4S. The summed E-state index contributed by atoms with van der Waals surface area (Å²) in [5.74, 6) is 3.08. The van der Waals surface area contributed by atoms with Gasteiger partial charge in [0.2, 0.25) is 11.1 Å². The van der Waals surface area contributed by atoms with E-state index in [9.17, 15) is 4.79 Å². The number of methoxy groups -OCH3 is 2. The van der Waals surface area contributed by atoms with Crippen LogP contribution < -0.4 is 24.8 Å². The number of carbonyl (C=O) groups excluding carboxylic acids is 1. The second-order valence-electron chi connectivity index (χ2n) is 9.20. The van der Waals surface area contributed by atoms with Gasteiger partial charge in [-0.05, 0) is 49.6 Å². The minimum absolute atomic E-state index is 0.266. The zero-order valence-electron chi connectivity index (χ0n) is 23.2. The molecule has 9 nitrogen and oxygen atoms in total. The lowest BCUT2D eigenvalue weighted by atomic mass is 9.94. The van der Waals surface area contributed by atoms with Crippen molar-refractivity contribution in [1.82, 2.24) is 14.8 Å². The second-order valence-corrected chi connectivity index (χ2v) is 10.3. The number of anilines is 2. The van der Waals surface area contributed by atoms with Crippen LogP contribution in [0.2, 0.25) is 0 Å². The standard InChI is InChI=1S/C29H37N5O4S/c1-6-8-11-16-38-23-15-14-20(18-24(23)37-5)26-25(27(35)31-21-12-9-10-13-22(21)36-4)19(3)30-28-32-29(33-34(26)28)39-17-7-2/h9-10,12-15,18,26H,6-8,11,16-17H2,1-5H3,(H,31,35)(H,30,32,33). The largest absolute Gasteiger partial charge is 0.495 e. The Morgan fingerprint density at radius 1 is 1.05 bits per heavy atom. The third-order valence-corrected chi connectivity index (χ3v) is 7.42. The number of rotatable bonds is 13. The van der Waals surface area contributed by atoms with E-state index in [1.165, 1.54) is 0 Å². The Morgan fingerprint density at radius 3 is 2.59 bits per heavy atom. The van der Waals surface area contributed by atoms with E-state index in [4.69, 9.17) is 24.3 Å². The molecule has 1 aliphatic heterocycles. The number of fused-ring (bicyclic) bond motifs is 1. The Labute approximate surface area is 234 Å². The number of hydrogen-bond acceptors (Lipinski definition) is 8. The Kier molecular flexibility index (Phi) is 9.75. The predicted molar refractivity (Wildman–Crippen MR) is 155 cm³/mol. The van der Waals surface area contributed by atoms with Gasteiger partial charge in [-0.15, -0.1) is 5.10 Å². The molecule has 0 aliphatic carbocycles. The first kappa shape index (κ1) is 28.4. The highest BCUT2D eigenvalue weighted by atomic mass is 32.2. The molecule has 1 atom stereocenters. The van der Waals surface area contributed by atoms with Crippen molar-refractivity contribution in [3.8, 4) is 17.2 Å². The molecule has 1 unspecified atom stereocenters. The topological polar surface area (TPSA) is 99.5 Å². The normalized spacial score (nSPS) is 14.4. The number of ether oxygens (including phenoxy) is 3. The molecule has 4 rings (SSSR count). The van der Waals surface area contributed by atoms with Crippen molar-refractivity contribution in [1.29, 1.82) is 0 Å². The number of allylic oxidation sites excluding steroid dienone is 1. The molecule has 2 heterocycles. The van der Waals surface area contributed by atoms with Crippen molar-refractivity contribution < 1.29 is 19.0 Å². The van der Waals surface area contributed by atoms with E-state index < -0.39 is 6.04 Å². The summed E-state index contributed by atoms with van der Waals surface area (Å²) in [7, 11) is 3.20. The van der Waals surface area contributed by atoms with Crippen LogP contribution in [0.15, 0.2) is 58.9 Å². The zero-order chi connectivity index (χ0) is 27.8. The van der Waals surface area contributed by atoms with Crippen LogP contribution in [0.25, 0.3) is 0 Å². The van der Waals surface area contributed by atoms with Crippen molar-refractivity contribution in [2.75, 3.05) is 37.2 Å². The van der Waals surface area contributed by atoms with Gasteiger partial charge in [0.1, 0.15) is 11.8 Å². The van der Waals surface area contributed by atoms with Gasteiger partial charge in [0.05, 0.1) is 32.1 Å². The summed E-state index contributed by atoms with van der Waals surface area (Å²) in [5.41, 5.74) is 2.63. The minimum atomic E-state index is -0.539. The smallest absolute Gasteiger partial charge is 0.255 e. The highest BCUT2D eigenvalue weighted by molar-refractivity contribution is 7.99. The van der Waals surface area contributed by atoms with E-state index in [0.717, 1.165) is 37.0 Å². The zero-order valence-corrected chi connectivity index (χ0v) is 24.1. The number of unbranched alkanes of at least 4 members (excludes halogenated alkanes) is 2. The number of nitrogens with one attached hydrogen (secondary N) is 2. The van der Waals surface area contributed by atoms with Gasteiger partial charge in [-0.25, -0.2) is 4.68 Å². The summed E-state index contributed by atoms with van der Waals surface area (Å²) < 4.78 is 18.9. The SMILES string of the molecule is CCCCCOc1ccc(C2C(C(=O)Nc3ccccc3OC)=C(C)Nc3nc(SCCC)nn32)cc1OC. The molecule has 0 bridgehead atoms. The summed E-state index contributed by atoms with van der Waals surface area (Å²) >= 11 is 1.59. The Hall–Kier alpha value is -3.66. The van der Waals surface area contributed by atoms with Gasteiger partial charge < -0.3 is 24.8 Å². The third-order valence-electron chi connectivity index (χ3n) is 6.38. The number of carbonyl (C=O) groups is 1. The van der Waals surface area contributed by atoms with E-state index in [1.807, 2.05) is 49.4 Å². The Bertz CT molecular complexity index is 1320. The van der Waals surface area contributed by atoms with E-state index in [2.05, 4.69) is 24.5 Å². The predicted octanol–water partition coefficient (Wildman–Crippen LogP) is 6.29. The monoisotopic (exact) mass is 551 g/mol. The molecule has 1 amide bonds. The highest BCUT2D eigenvalue weighted by Crippen LogP contribution is 2.40. The van der Waals surface area contributed by atoms with Crippen LogP contribution in [-0.2, 0) is 4.79 Å². The average Bonchev–Trinajstić information content (AvgIpc) is 3.36. The van der Waals surface area contributed by atoms with Gasteiger partial charge in [0.15, 0.2) is 11.5 Å². The van der Waals surface area contributed by atoms with Crippen LogP contribution in [0.4, 0.5) is 11.6 Å². The second kappa shape index (κ2) is 13.4. The van der Waals surface area contributed by atoms with Crippen LogP contribution in [0.3, 0.4) is 0 Å². The molecule has 2 N–H and O–H groups in total. The molecule has 3 aromatic rings. The summed E-state index contributed by atoms with van der Waals surface area (Å²) in [6, 6.07) is 12.6. The van der Waals surface area contributed by atoms with Crippen LogP contribution in [0.1, 0.15) is 58.1 Å². The van der Waals surface area contributed by atoms with E-state index >= 15 is 0 Å². The van der Waals surface area contributed by atoms with Gasteiger partial charge in [0.25, 0.3) is 5.91 Å². The maximum atomic E-state index is 13.9. The summed E-state index contributed by atoms with van der Waals surface area (Å²) in [5, 5.41) is 11.8. The number of nitrogens with zero attached hydrogens (tertiary/aromatic N) is 3. The summed E-state index contributed by atoms with van der Waals surface area (Å²) in [6.07, 6.45) is 4.22. The molecule has 1 aliphatic rings. The lowest BCUT2D eigenvalue weighted by molar-refractivity contribution is -0.113. The molecule has 0 radical (unpaired) electrons. The molecule has 2 aromatic carbocycles. The Morgan fingerprint density at radius 2 is 1.85 bits per heavy atom. The summed E-state index contributed by atoms with van der Waals surface area (Å²) in [4.78, 5) is 18.6. The molecule has 0 saturated heterocycles. The number of benzene rings is 2. The van der Waals surface area contributed by atoms with Crippen molar-refractivity contribution in [3.63, 3.8) is 0 Å². The minimum Gasteiger partial charge on any atom is -0.495 e. The molecular weight excluding hydrogens is 514 g/mol. The first-order chi connectivity index (χ1) is 19.0. The Balaban J connectivity index is 1.74. The molecule has 208 valence electrons. The fraction of sp³-hybridized carbons (Fsp3) is 0.414. The van der Waals surface area contributed by atoms with E-state index in [1.54, 1.807) is 30.7 Å². The van der Waals surface area contributed by atoms with Crippen molar-refractivity contribution in [2.24, 2.45) is 0 Å². The summed E-state index contributed by atoms with van der Waals surface area (Å²) in [6.45, 7) is 6.78. The number of thioether (sulfide) groups is 1. The van der Waals surface area contributed by atoms with Gasteiger partial charge in [-0.3, -0.25) is 4.79 Å². The van der Waals surface area contributed by atoms with Crippen molar-refractivity contribution in [2.45, 2.75) is 57.7 Å². The fourth-order valence-electron chi connectivity index (χ4n) is 4.43. The van der Waals surface area contributed by atoms with Gasteiger partial charge in [-0.2, -0.15) is 4.98 Å². The molecule has 39 heavy (non-hydrogen) atoms. The lowest BCUT2D eigenvalue weighted by Crippen LogP contribution is -2.31. The third kappa shape index (κ3) is 6.50. The molecule has 1 aromatic heterocycles. The molecule has 10 heteroatoms. The molecule has 0 fully saturated rings. The van der Waals surface area contributed by atoms with Crippen LogP contribution in [0, 0.1) is 0 Å². The highest BCUT2D eigenvalue weighted by Gasteiger charge is 2.35.